The number of hydrogen-bond acceptors (Lipinski definition) is 2. The summed E-state index contributed by atoms with van der Waals surface area (Å²) in [5, 5.41) is 3.86. The van der Waals surface area contributed by atoms with Crippen LogP contribution in [-0.4, -0.2) is 6.54 Å². The van der Waals surface area contributed by atoms with Gasteiger partial charge in [0.25, 0.3) is 0 Å². The van der Waals surface area contributed by atoms with E-state index in [9.17, 15) is 4.39 Å². The predicted octanol–water partition coefficient (Wildman–Crippen LogP) is 4.74. The third-order valence-electron chi connectivity index (χ3n) is 2.62. The molecule has 0 heterocycles. The van der Waals surface area contributed by atoms with Crippen molar-refractivity contribution in [2.75, 3.05) is 6.54 Å². The van der Waals surface area contributed by atoms with Crippen molar-refractivity contribution in [3.05, 3.63) is 58.9 Å². The fraction of sp³-hybridized carbons (Fsp3) is 0.200. The van der Waals surface area contributed by atoms with E-state index in [2.05, 4.69) is 5.32 Å². The molecule has 1 nitrogen and oxygen atoms in total. The minimum Gasteiger partial charge on any atom is -0.313 e. The Morgan fingerprint density at radius 2 is 1.89 bits per heavy atom. The van der Waals surface area contributed by atoms with Crippen molar-refractivity contribution in [2.45, 2.75) is 23.3 Å². The molecule has 0 aromatic heterocycles. The highest BCUT2D eigenvalue weighted by molar-refractivity contribution is 7.99. The van der Waals surface area contributed by atoms with Crippen LogP contribution in [0.4, 0.5) is 4.39 Å². The van der Waals surface area contributed by atoms with E-state index in [1.807, 2.05) is 31.2 Å². The van der Waals surface area contributed by atoms with Gasteiger partial charge >= 0.3 is 0 Å². The van der Waals surface area contributed by atoms with Crippen molar-refractivity contribution in [3.63, 3.8) is 0 Å². The van der Waals surface area contributed by atoms with Crippen LogP contribution in [-0.2, 0) is 6.54 Å². The summed E-state index contributed by atoms with van der Waals surface area (Å²) in [7, 11) is 0. The van der Waals surface area contributed by atoms with Gasteiger partial charge in [-0.2, -0.15) is 0 Å². The first-order valence-electron chi connectivity index (χ1n) is 6.11. The highest BCUT2D eigenvalue weighted by Gasteiger charge is 2.05. The van der Waals surface area contributed by atoms with Crippen molar-refractivity contribution in [1.29, 1.82) is 0 Å². The molecule has 0 aliphatic carbocycles. The molecule has 0 radical (unpaired) electrons. The largest absolute Gasteiger partial charge is 0.313 e. The van der Waals surface area contributed by atoms with Crippen molar-refractivity contribution < 1.29 is 4.39 Å². The maximum Gasteiger partial charge on any atom is 0.137 e. The summed E-state index contributed by atoms with van der Waals surface area (Å²) in [6.07, 6.45) is 0. The second-order valence-corrected chi connectivity index (χ2v) is 5.65. The Labute approximate surface area is 122 Å². The first-order chi connectivity index (χ1) is 9.19. The lowest BCUT2D eigenvalue weighted by atomic mass is 10.2. The lowest BCUT2D eigenvalue weighted by Crippen LogP contribution is -2.11. The molecule has 100 valence electrons. The van der Waals surface area contributed by atoms with Crippen LogP contribution in [0.5, 0.6) is 0 Å². The highest BCUT2D eigenvalue weighted by atomic mass is 35.5. The van der Waals surface area contributed by atoms with Gasteiger partial charge in [0.15, 0.2) is 0 Å². The normalized spacial score (nSPS) is 10.7. The van der Waals surface area contributed by atoms with Gasteiger partial charge in [0, 0.05) is 21.4 Å². The Kier molecular flexibility index (Phi) is 5.25. The zero-order valence-electron chi connectivity index (χ0n) is 10.6. The fourth-order valence-electron chi connectivity index (χ4n) is 1.64. The monoisotopic (exact) mass is 295 g/mol. The summed E-state index contributed by atoms with van der Waals surface area (Å²) >= 11 is 7.23. The lowest BCUT2D eigenvalue weighted by molar-refractivity contribution is 0.596. The topological polar surface area (TPSA) is 12.0 Å². The van der Waals surface area contributed by atoms with Crippen LogP contribution in [0.15, 0.2) is 52.3 Å². The van der Waals surface area contributed by atoms with Gasteiger partial charge in [-0.05, 0) is 48.5 Å². The first kappa shape index (κ1) is 14.4. The molecule has 0 bridgehead atoms. The predicted molar refractivity (Wildman–Crippen MR) is 79.4 cm³/mol. The van der Waals surface area contributed by atoms with Gasteiger partial charge in [-0.25, -0.2) is 4.39 Å². The SMILES string of the molecule is CCNCc1ccc(Sc2ccc(Cl)cc2)c(F)c1. The Balaban J connectivity index is 2.10. The van der Waals surface area contributed by atoms with Crippen LogP contribution >= 0.6 is 23.4 Å². The zero-order valence-corrected chi connectivity index (χ0v) is 12.2. The maximum atomic E-state index is 14.0. The van der Waals surface area contributed by atoms with Crippen molar-refractivity contribution in [1.82, 2.24) is 5.32 Å². The Morgan fingerprint density at radius 3 is 2.53 bits per heavy atom. The molecule has 0 spiro atoms. The molecule has 0 atom stereocenters. The summed E-state index contributed by atoms with van der Waals surface area (Å²) in [6, 6.07) is 12.7. The molecule has 0 amide bonds. The second kappa shape index (κ2) is 6.94. The maximum absolute atomic E-state index is 14.0. The van der Waals surface area contributed by atoms with E-state index < -0.39 is 0 Å². The van der Waals surface area contributed by atoms with Gasteiger partial charge in [0.2, 0.25) is 0 Å². The van der Waals surface area contributed by atoms with Crippen molar-refractivity contribution in [2.24, 2.45) is 0 Å². The third-order valence-corrected chi connectivity index (χ3v) is 3.93. The average molecular weight is 296 g/mol. The number of halogens is 2. The van der Waals surface area contributed by atoms with Crippen LogP contribution in [0.3, 0.4) is 0 Å². The standard InChI is InChI=1S/C15H15ClFNS/c1-2-18-10-11-3-8-15(14(17)9-11)19-13-6-4-12(16)5-7-13/h3-9,18H,2,10H2,1H3. The molecule has 19 heavy (non-hydrogen) atoms. The first-order valence-corrected chi connectivity index (χ1v) is 7.31. The van der Waals surface area contributed by atoms with Crippen LogP contribution in [0.1, 0.15) is 12.5 Å². The summed E-state index contributed by atoms with van der Waals surface area (Å²) < 4.78 is 14.0. The smallest absolute Gasteiger partial charge is 0.137 e. The van der Waals surface area contributed by atoms with E-state index >= 15 is 0 Å². The molecule has 0 fully saturated rings. The second-order valence-electron chi connectivity index (χ2n) is 4.10. The van der Waals surface area contributed by atoms with E-state index in [-0.39, 0.29) is 5.82 Å². The molecular formula is C15H15ClFNS. The summed E-state index contributed by atoms with van der Waals surface area (Å²) in [5.74, 6) is -0.185. The van der Waals surface area contributed by atoms with Gasteiger partial charge < -0.3 is 5.32 Å². The molecule has 0 aliphatic heterocycles. The highest BCUT2D eigenvalue weighted by Crippen LogP contribution is 2.30. The van der Waals surface area contributed by atoms with Crippen LogP contribution in [0, 0.1) is 5.82 Å². The Hall–Kier alpha value is -1.03. The van der Waals surface area contributed by atoms with Gasteiger partial charge in [0.1, 0.15) is 5.82 Å². The molecule has 0 unspecified atom stereocenters. The van der Waals surface area contributed by atoms with Crippen LogP contribution < -0.4 is 5.32 Å². The third kappa shape index (κ3) is 4.23. The fourth-order valence-corrected chi connectivity index (χ4v) is 2.58. The molecule has 1 N–H and O–H groups in total. The minimum atomic E-state index is -0.185. The molecular weight excluding hydrogens is 281 g/mol. The molecule has 2 aromatic carbocycles. The zero-order chi connectivity index (χ0) is 13.7. The van der Waals surface area contributed by atoms with E-state index in [0.717, 1.165) is 17.0 Å². The number of nitrogens with one attached hydrogen (secondary N) is 1. The van der Waals surface area contributed by atoms with Crippen LogP contribution in [0.25, 0.3) is 0 Å². The van der Waals surface area contributed by atoms with E-state index in [4.69, 9.17) is 11.6 Å². The molecule has 0 saturated heterocycles. The van der Waals surface area contributed by atoms with Crippen molar-refractivity contribution >= 4 is 23.4 Å². The average Bonchev–Trinajstić information content (AvgIpc) is 2.41. The number of rotatable bonds is 5. The summed E-state index contributed by atoms with van der Waals surface area (Å²) in [4.78, 5) is 1.60. The minimum absolute atomic E-state index is 0.185. The van der Waals surface area contributed by atoms with Gasteiger partial charge in [0.05, 0.1) is 0 Å². The molecule has 2 aromatic rings. The lowest BCUT2D eigenvalue weighted by Gasteiger charge is -2.06. The molecule has 4 heteroatoms. The summed E-state index contributed by atoms with van der Waals surface area (Å²) in [6.45, 7) is 3.60. The van der Waals surface area contributed by atoms with E-state index in [1.165, 1.54) is 11.8 Å². The van der Waals surface area contributed by atoms with E-state index in [0.29, 0.717) is 16.5 Å². The van der Waals surface area contributed by atoms with E-state index in [1.54, 1.807) is 18.2 Å². The summed E-state index contributed by atoms with van der Waals surface area (Å²) in [5.41, 5.74) is 0.958. The van der Waals surface area contributed by atoms with Gasteiger partial charge in [-0.1, -0.05) is 36.4 Å². The Morgan fingerprint density at radius 1 is 1.16 bits per heavy atom. The molecule has 0 aliphatic rings. The molecule has 0 saturated carbocycles. The van der Waals surface area contributed by atoms with Gasteiger partial charge in [-0.15, -0.1) is 0 Å². The van der Waals surface area contributed by atoms with Gasteiger partial charge in [-0.3, -0.25) is 0 Å². The number of hydrogen-bond donors (Lipinski definition) is 1. The van der Waals surface area contributed by atoms with Crippen molar-refractivity contribution in [3.8, 4) is 0 Å². The Bertz CT molecular complexity index is 542. The number of benzene rings is 2. The quantitative estimate of drug-likeness (QED) is 0.855. The molecule has 2 rings (SSSR count). The van der Waals surface area contributed by atoms with Crippen LogP contribution in [0.2, 0.25) is 5.02 Å².